The normalized spacial score (nSPS) is 10.6. The third-order valence-electron chi connectivity index (χ3n) is 3.12. The first-order valence-electron chi connectivity index (χ1n) is 6.70. The number of para-hydroxylation sites is 1. The first-order valence-corrected chi connectivity index (χ1v) is 7.78. The van der Waals surface area contributed by atoms with Crippen molar-refractivity contribution in [3.63, 3.8) is 0 Å². The van der Waals surface area contributed by atoms with Gasteiger partial charge in [0, 0.05) is 16.1 Å². The van der Waals surface area contributed by atoms with Crippen molar-refractivity contribution in [1.29, 1.82) is 0 Å². The van der Waals surface area contributed by atoms with E-state index in [0.717, 1.165) is 0 Å². The van der Waals surface area contributed by atoms with Crippen LogP contribution in [0, 0.1) is 16.3 Å². The first-order chi connectivity index (χ1) is 11.0. The smallest absolute Gasteiger partial charge is 0.256 e. The quantitative estimate of drug-likeness (QED) is 0.646. The summed E-state index contributed by atoms with van der Waals surface area (Å²) in [6.45, 7) is 1.69. The van der Waals surface area contributed by atoms with Crippen LogP contribution in [0.4, 0.5) is 10.1 Å². The third kappa shape index (κ3) is 3.39. The highest BCUT2D eigenvalue weighted by Crippen LogP contribution is 2.26. The van der Waals surface area contributed by atoms with Crippen LogP contribution in [0.25, 0.3) is 11.4 Å². The second kappa shape index (κ2) is 6.45. The van der Waals surface area contributed by atoms with Crippen LogP contribution in [-0.2, 0) is 0 Å². The molecular formula is C16H11FIN3O2. The lowest BCUT2D eigenvalue weighted by molar-refractivity contribution is 0.102. The highest BCUT2D eigenvalue weighted by atomic mass is 127. The van der Waals surface area contributed by atoms with Crippen molar-refractivity contribution in [1.82, 2.24) is 10.1 Å². The summed E-state index contributed by atoms with van der Waals surface area (Å²) in [5.41, 5.74) is 1.60. The van der Waals surface area contributed by atoms with Crippen molar-refractivity contribution >= 4 is 34.2 Å². The van der Waals surface area contributed by atoms with Crippen molar-refractivity contribution < 1.29 is 13.7 Å². The molecule has 0 fully saturated rings. The zero-order valence-electron chi connectivity index (χ0n) is 12.0. The lowest BCUT2D eigenvalue weighted by Crippen LogP contribution is -2.14. The van der Waals surface area contributed by atoms with Crippen LogP contribution >= 0.6 is 22.6 Å². The summed E-state index contributed by atoms with van der Waals surface area (Å²) in [5.74, 6) is 0.122. The Morgan fingerprint density at radius 3 is 2.74 bits per heavy atom. The molecule has 3 aromatic rings. The molecule has 0 aliphatic heterocycles. The van der Waals surface area contributed by atoms with Crippen molar-refractivity contribution in [2.24, 2.45) is 0 Å². The summed E-state index contributed by atoms with van der Waals surface area (Å²) in [5, 5.41) is 6.67. The van der Waals surface area contributed by atoms with Gasteiger partial charge in [-0.1, -0.05) is 17.3 Å². The van der Waals surface area contributed by atoms with Gasteiger partial charge < -0.3 is 9.84 Å². The Morgan fingerprint density at radius 1 is 1.26 bits per heavy atom. The van der Waals surface area contributed by atoms with Crippen LogP contribution in [0.1, 0.15) is 16.2 Å². The molecule has 0 aliphatic rings. The summed E-state index contributed by atoms with van der Waals surface area (Å²) in [4.78, 5) is 16.6. The van der Waals surface area contributed by atoms with E-state index in [1.807, 2.05) is 28.7 Å². The number of aromatic nitrogens is 2. The molecular weight excluding hydrogens is 412 g/mol. The highest BCUT2D eigenvalue weighted by molar-refractivity contribution is 14.1. The molecule has 2 aromatic carbocycles. The van der Waals surface area contributed by atoms with Crippen LogP contribution in [0.3, 0.4) is 0 Å². The molecule has 1 amide bonds. The van der Waals surface area contributed by atoms with E-state index in [-0.39, 0.29) is 11.7 Å². The molecule has 0 atom stereocenters. The van der Waals surface area contributed by atoms with Crippen LogP contribution < -0.4 is 5.32 Å². The summed E-state index contributed by atoms with van der Waals surface area (Å²) in [6, 6.07) is 11.2. The molecule has 0 aliphatic carbocycles. The Bertz CT molecular complexity index is 879. The second-order valence-corrected chi connectivity index (χ2v) is 5.92. The summed E-state index contributed by atoms with van der Waals surface area (Å²) in [6.07, 6.45) is 0. The van der Waals surface area contributed by atoms with Crippen molar-refractivity contribution in [3.8, 4) is 11.4 Å². The molecule has 1 aromatic heterocycles. The number of benzene rings is 2. The summed E-state index contributed by atoms with van der Waals surface area (Å²) < 4.78 is 18.7. The van der Waals surface area contributed by atoms with Gasteiger partial charge >= 0.3 is 0 Å². The molecule has 116 valence electrons. The van der Waals surface area contributed by atoms with Gasteiger partial charge in [0.1, 0.15) is 5.82 Å². The Labute approximate surface area is 145 Å². The molecule has 0 saturated carbocycles. The minimum atomic E-state index is -0.381. The minimum absolute atomic E-state index is 0.331. The Kier molecular flexibility index (Phi) is 4.37. The van der Waals surface area contributed by atoms with Gasteiger partial charge in [0.25, 0.3) is 5.91 Å². The van der Waals surface area contributed by atoms with Gasteiger partial charge in [0.15, 0.2) is 0 Å². The van der Waals surface area contributed by atoms with E-state index in [1.165, 1.54) is 18.2 Å². The molecule has 1 heterocycles. The topological polar surface area (TPSA) is 68.0 Å². The second-order valence-electron chi connectivity index (χ2n) is 4.76. The van der Waals surface area contributed by atoms with E-state index in [0.29, 0.717) is 32.1 Å². The number of carbonyl (C=O) groups excluding carboxylic acids is 1. The number of anilines is 1. The molecule has 5 nitrogen and oxygen atoms in total. The molecule has 3 rings (SSSR count). The van der Waals surface area contributed by atoms with Gasteiger partial charge in [0.05, 0.1) is 11.3 Å². The van der Waals surface area contributed by atoms with Crippen molar-refractivity contribution in [2.45, 2.75) is 6.92 Å². The van der Waals surface area contributed by atoms with Gasteiger partial charge in [0.2, 0.25) is 11.7 Å². The van der Waals surface area contributed by atoms with E-state index in [2.05, 4.69) is 15.5 Å². The molecule has 0 bridgehead atoms. The zero-order valence-corrected chi connectivity index (χ0v) is 14.2. The van der Waals surface area contributed by atoms with Gasteiger partial charge in [-0.3, -0.25) is 4.79 Å². The number of halogens is 2. The maximum atomic E-state index is 13.2. The summed E-state index contributed by atoms with van der Waals surface area (Å²) >= 11 is 1.93. The van der Waals surface area contributed by atoms with Crippen LogP contribution in [-0.4, -0.2) is 16.0 Å². The first kappa shape index (κ1) is 15.6. The van der Waals surface area contributed by atoms with Crippen LogP contribution in [0.2, 0.25) is 0 Å². The van der Waals surface area contributed by atoms with Gasteiger partial charge in [-0.25, -0.2) is 4.39 Å². The number of nitrogens with zero attached hydrogens (tertiary/aromatic N) is 2. The fraction of sp³-hybridized carbons (Fsp3) is 0.0625. The molecule has 7 heteroatoms. The molecule has 0 radical (unpaired) electrons. The Balaban J connectivity index is 1.93. The van der Waals surface area contributed by atoms with Gasteiger partial charge in [-0.15, -0.1) is 0 Å². The van der Waals surface area contributed by atoms with E-state index < -0.39 is 0 Å². The molecule has 23 heavy (non-hydrogen) atoms. The number of amides is 1. The van der Waals surface area contributed by atoms with E-state index in [1.54, 1.807) is 25.1 Å². The molecule has 1 N–H and O–H groups in total. The van der Waals surface area contributed by atoms with Gasteiger partial charge in [-0.05, 0) is 52.9 Å². The predicted octanol–water partition coefficient (Wildman–Crippen LogP) is 4.04. The number of hydrogen-bond acceptors (Lipinski definition) is 4. The van der Waals surface area contributed by atoms with Crippen molar-refractivity contribution in [2.75, 3.05) is 5.32 Å². The maximum absolute atomic E-state index is 13.2. The predicted molar refractivity (Wildman–Crippen MR) is 91.5 cm³/mol. The average molecular weight is 423 g/mol. The SMILES string of the molecule is Cc1nc(-c2ccccc2NC(=O)c2ccc(F)cc2I)no1. The fourth-order valence-corrected chi connectivity index (χ4v) is 2.78. The third-order valence-corrected chi connectivity index (χ3v) is 4.01. The summed E-state index contributed by atoms with van der Waals surface area (Å²) in [7, 11) is 0. The average Bonchev–Trinajstić information content (AvgIpc) is 2.94. The standard InChI is InChI=1S/C16H11FIN3O2/c1-9-19-15(21-23-9)12-4-2-3-5-14(12)20-16(22)11-7-6-10(17)8-13(11)18/h2-8H,1H3,(H,20,22). The van der Waals surface area contributed by atoms with Crippen molar-refractivity contribution in [3.05, 3.63) is 63.3 Å². The van der Waals surface area contributed by atoms with E-state index in [4.69, 9.17) is 4.52 Å². The maximum Gasteiger partial charge on any atom is 0.256 e. The fourth-order valence-electron chi connectivity index (χ4n) is 2.06. The van der Waals surface area contributed by atoms with Crippen LogP contribution in [0.5, 0.6) is 0 Å². The lowest BCUT2D eigenvalue weighted by Gasteiger charge is -2.10. The zero-order chi connectivity index (χ0) is 16.4. The monoisotopic (exact) mass is 423 g/mol. The molecule has 0 spiro atoms. The van der Waals surface area contributed by atoms with E-state index >= 15 is 0 Å². The molecule has 0 saturated heterocycles. The number of aryl methyl sites for hydroxylation is 1. The number of carbonyl (C=O) groups is 1. The van der Waals surface area contributed by atoms with Crippen LogP contribution in [0.15, 0.2) is 47.0 Å². The Morgan fingerprint density at radius 2 is 2.04 bits per heavy atom. The Hall–Kier alpha value is -2.29. The molecule has 0 unspecified atom stereocenters. The van der Waals surface area contributed by atoms with Gasteiger partial charge in [-0.2, -0.15) is 4.98 Å². The minimum Gasteiger partial charge on any atom is -0.339 e. The van der Waals surface area contributed by atoms with E-state index in [9.17, 15) is 9.18 Å². The number of rotatable bonds is 3. The highest BCUT2D eigenvalue weighted by Gasteiger charge is 2.15. The number of nitrogens with one attached hydrogen (secondary N) is 1. The number of hydrogen-bond donors (Lipinski definition) is 1. The largest absolute Gasteiger partial charge is 0.339 e. The lowest BCUT2D eigenvalue weighted by atomic mass is 10.1.